The first-order valence-electron chi connectivity index (χ1n) is 2.64. The van der Waals surface area contributed by atoms with Crippen LogP contribution in [-0.2, 0) is 9.47 Å². The summed E-state index contributed by atoms with van der Waals surface area (Å²) < 4.78 is 45.3. The minimum absolute atomic E-state index is 1.13. The fourth-order valence-corrected chi connectivity index (χ4v) is 0.964. The molecule has 0 aliphatic heterocycles. The zero-order valence-electron chi connectivity index (χ0n) is 6.36. The molecule has 0 bridgehead atoms. The monoisotopic (exact) mass is 193 g/mol. The van der Waals surface area contributed by atoms with Gasteiger partial charge in [0, 0.05) is 21.1 Å². The van der Waals surface area contributed by atoms with Crippen molar-refractivity contribution >= 4 is 11.4 Å². The van der Waals surface area contributed by atoms with Crippen molar-refractivity contribution in [1.82, 2.24) is 4.72 Å². The van der Waals surface area contributed by atoms with Gasteiger partial charge in [0.25, 0.3) is 11.4 Å². The van der Waals surface area contributed by atoms with Crippen LogP contribution in [0, 0.1) is 0 Å². The number of rotatable bonds is 4. The van der Waals surface area contributed by atoms with Gasteiger partial charge in [0.05, 0.1) is 0 Å². The molecule has 3 nitrogen and oxygen atoms in total. The molecule has 0 atom stereocenters. The minimum Gasteiger partial charge on any atom is -0.340 e. The van der Waals surface area contributed by atoms with Gasteiger partial charge in [-0.3, -0.25) is 0 Å². The smallest absolute Gasteiger partial charge is 0.279 e. The molecule has 70 valence electrons. The van der Waals surface area contributed by atoms with Crippen LogP contribution < -0.4 is 4.72 Å². The van der Waals surface area contributed by atoms with Crippen LogP contribution in [0.25, 0.3) is 0 Å². The Balaban J connectivity index is 4.08. The maximum Gasteiger partial charge on any atom is 0.279 e. The maximum absolute atomic E-state index is 11.7. The van der Waals surface area contributed by atoms with E-state index in [1.165, 1.54) is 4.72 Å². The highest BCUT2D eigenvalue weighted by atomic mass is 32.3. The van der Waals surface area contributed by atoms with Gasteiger partial charge in [0.15, 0.2) is 0 Å². The van der Waals surface area contributed by atoms with Crippen molar-refractivity contribution in [3.8, 4) is 0 Å². The van der Waals surface area contributed by atoms with Crippen LogP contribution in [0.15, 0.2) is 0 Å². The maximum atomic E-state index is 11.7. The number of methoxy groups -OCH3 is 2. The second-order valence-electron chi connectivity index (χ2n) is 1.86. The number of hydrogen-bond donors (Lipinski definition) is 1. The molecule has 0 aromatic heterocycles. The lowest BCUT2D eigenvalue weighted by Gasteiger charge is -2.29. The molecule has 11 heavy (non-hydrogen) atoms. The number of hydrogen-bond acceptors (Lipinski definition) is 3. The first-order chi connectivity index (χ1) is 4.83. The van der Waals surface area contributed by atoms with Crippen LogP contribution in [0.4, 0.5) is 11.7 Å². The summed E-state index contributed by atoms with van der Waals surface area (Å²) in [7, 11) is 2.25. The SMILES string of the molecule is COC(C)(NS(F)(F)F)OC. The largest absolute Gasteiger partial charge is 0.340 e. The summed E-state index contributed by atoms with van der Waals surface area (Å²) in [4.78, 5) is 0. The van der Waals surface area contributed by atoms with Crippen molar-refractivity contribution in [1.29, 1.82) is 0 Å². The van der Waals surface area contributed by atoms with E-state index in [0.717, 1.165) is 21.1 Å². The molecular weight excluding hydrogens is 183 g/mol. The summed E-state index contributed by atoms with van der Waals surface area (Å²) in [6.45, 7) is 1.15. The van der Waals surface area contributed by atoms with Gasteiger partial charge in [0.2, 0.25) is 5.91 Å². The molecule has 1 N–H and O–H groups in total. The fraction of sp³-hybridized carbons (Fsp3) is 1.00. The van der Waals surface area contributed by atoms with Crippen LogP contribution in [0.1, 0.15) is 6.92 Å². The lowest BCUT2D eigenvalue weighted by molar-refractivity contribution is -0.201. The summed E-state index contributed by atoms with van der Waals surface area (Å²) >= 11 is -5.31. The second-order valence-corrected chi connectivity index (χ2v) is 2.88. The van der Waals surface area contributed by atoms with Crippen molar-refractivity contribution in [2.45, 2.75) is 12.8 Å². The first kappa shape index (κ1) is 11.0. The molecule has 0 spiro atoms. The molecule has 0 radical (unpaired) electrons. The summed E-state index contributed by atoms with van der Waals surface area (Å²) in [5.74, 6) is -1.77. The predicted molar refractivity (Wildman–Crippen MR) is 36.5 cm³/mol. The lowest BCUT2D eigenvalue weighted by atomic mass is 10.6. The Morgan fingerprint density at radius 2 is 1.55 bits per heavy atom. The summed E-state index contributed by atoms with van der Waals surface area (Å²) in [5.41, 5.74) is 0. The lowest BCUT2D eigenvalue weighted by Crippen LogP contribution is -2.44. The fourth-order valence-electron chi connectivity index (χ4n) is 0.377. The minimum atomic E-state index is -5.31. The topological polar surface area (TPSA) is 30.5 Å². The molecule has 0 saturated heterocycles. The van der Waals surface area contributed by atoms with Crippen LogP contribution in [0.3, 0.4) is 0 Å². The van der Waals surface area contributed by atoms with E-state index in [2.05, 4.69) is 9.47 Å². The van der Waals surface area contributed by atoms with Gasteiger partial charge in [-0.05, 0) is 0 Å². The van der Waals surface area contributed by atoms with Gasteiger partial charge >= 0.3 is 0 Å². The highest BCUT2D eigenvalue weighted by Crippen LogP contribution is 2.50. The number of nitrogens with one attached hydrogen (secondary N) is 1. The van der Waals surface area contributed by atoms with E-state index in [9.17, 15) is 11.7 Å². The zero-order chi connectivity index (χ0) is 9.12. The number of ether oxygens (including phenoxy) is 2. The average molecular weight is 193 g/mol. The molecular formula is C4H10F3NO2S. The Hall–Kier alpha value is 0.0200. The normalized spacial score (nSPS) is 15.1. The Morgan fingerprint density at radius 1 is 1.18 bits per heavy atom. The Bertz CT molecular complexity index is 125. The first-order valence-corrected chi connectivity index (χ1v) is 3.98. The van der Waals surface area contributed by atoms with E-state index >= 15 is 0 Å². The highest BCUT2D eigenvalue weighted by Gasteiger charge is 2.34. The molecule has 0 rings (SSSR count). The van der Waals surface area contributed by atoms with Crippen molar-refractivity contribution in [3.63, 3.8) is 0 Å². The molecule has 0 saturated carbocycles. The third-order valence-electron chi connectivity index (χ3n) is 1.08. The third-order valence-corrected chi connectivity index (χ3v) is 1.68. The van der Waals surface area contributed by atoms with Gasteiger partial charge in [-0.25, -0.2) is 0 Å². The second kappa shape index (κ2) is 3.61. The molecule has 0 aliphatic carbocycles. The van der Waals surface area contributed by atoms with E-state index in [0.29, 0.717) is 0 Å². The molecule has 0 amide bonds. The number of halogens is 3. The average Bonchev–Trinajstić information content (AvgIpc) is 1.84. The van der Waals surface area contributed by atoms with E-state index in [1.807, 2.05) is 0 Å². The van der Waals surface area contributed by atoms with Crippen molar-refractivity contribution in [2.24, 2.45) is 0 Å². The van der Waals surface area contributed by atoms with Crippen molar-refractivity contribution in [3.05, 3.63) is 0 Å². The molecule has 0 aromatic carbocycles. The summed E-state index contributed by atoms with van der Waals surface area (Å²) in [5, 5.41) is 0. The van der Waals surface area contributed by atoms with Gasteiger partial charge in [-0.1, -0.05) is 0 Å². The van der Waals surface area contributed by atoms with Gasteiger partial charge in [-0.2, -0.15) is 4.72 Å². The summed E-state index contributed by atoms with van der Waals surface area (Å²) in [6, 6.07) is 0. The van der Waals surface area contributed by atoms with Gasteiger partial charge in [0.1, 0.15) is 0 Å². The van der Waals surface area contributed by atoms with Crippen LogP contribution in [0.2, 0.25) is 0 Å². The molecule has 0 heterocycles. The highest BCUT2D eigenvalue weighted by molar-refractivity contribution is 8.19. The van der Waals surface area contributed by atoms with E-state index in [-0.39, 0.29) is 0 Å². The summed E-state index contributed by atoms with van der Waals surface area (Å²) in [6.07, 6.45) is 0. The molecule has 0 aliphatic rings. The zero-order valence-corrected chi connectivity index (χ0v) is 7.18. The standard InChI is InChI=1S/C4H10F3NO2S/c1-4(9-2,10-3)8-11(5,6)7/h8H,1-3H3. The molecule has 0 fully saturated rings. The van der Waals surface area contributed by atoms with Crippen molar-refractivity contribution in [2.75, 3.05) is 14.2 Å². The Morgan fingerprint density at radius 3 is 1.64 bits per heavy atom. The quantitative estimate of drug-likeness (QED) is 0.692. The molecule has 7 heteroatoms. The van der Waals surface area contributed by atoms with Gasteiger partial charge < -0.3 is 9.47 Å². The third kappa shape index (κ3) is 4.46. The van der Waals surface area contributed by atoms with Crippen LogP contribution in [0.5, 0.6) is 0 Å². The Labute approximate surface area is 65.2 Å². The Kier molecular flexibility index (Phi) is 3.62. The van der Waals surface area contributed by atoms with E-state index in [4.69, 9.17) is 0 Å². The van der Waals surface area contributed by atoms with E-state index < -0.39 is 17.3 Å². The van der Waals surface area contributed by atoms with E-state index in [1.54, 1.807) is 0 Å². The van der Waals surface area contributed by atoms with Gasteiger partial charge in [-0.15, -0.1) is 11.7 Å². The van der Waals surface area contributed by atoms with Crippen LogP contribution in [-0.4, -0.2) is 20.1 Å². The molecule has 0 aromatic rings. The van der Waals surface area contributed by atoms with Crippen LogP contribution >= 0.6 is 11.4 Å². The van der Waals surface area contributed by atoms with Crippen molar-refractivity contribution < 1.29 is 21.1 Å². The predicted octanol–water partition coefficient (Wildman–Crippen LogP) is 1.92. The molecule has 0 unspecified atom stereocenters.